The lowest BCUT2D eigenvalue weighted by atomic mass is 9.62. The zero-order valence-electron chi connectivity index (χ0n) is 20.7. The van der Waals surface area contributed by atoms with Gasteiger partial charge in [-0.3, -0.25) is 19.3 Å². The van der Waals surface area contributed by atoms with Crippen LogP contribution in [0.4, 0.5) is 5.00 Å². The number of hydrogen-bond acceptors (Lipinski definition) is 6. The second-order valence-corrected chi connectivity index (χ2v) is 10.9. The third-order valence-corrected chi connectivity index (χ3v) is 8.80. The number of hydrogen-bond donors (Lipinski definition) is 1. The molecule has 35 heavy (non-hydrogen) atoms. The highest BCUT2D eigenvalue weighted by Gasteiger charge is 2.64. The van der Waals surface area contributed by atoms with Crippen LogP contribution in [0.15, 0.2) is 35.7 Å². The molecule has 2 aromatic rings. The summed E-state index contributed by atoms with van der Waals surface area (Å²) in [5, 5.41) is 5.11. The SMILES string of the molecule is CCOC(=O)c1c(-c2ccccc2)csc1NC(=O)CCCN1C(=O)C2CCC(C)(C1=O)C2(C)C. The van der Waals surface area contributed by atoms with Gasteiger partial charge < -0.3 is 10.1 Å². The summed E-state index contributed by atoms with van der Waals surface area (Å²) in [6.45, 7) is 8.16. The van der Waals surface area contributed by atoms with Crippen LogP contribution in [0.2, 0.25) is 0 Å². The van der Waals surface area contributed by atoms with Crippen molar-refractivity contribution in [1.82, 2.24) is 4.90 Å². The first-order valence-electron chi connectivity index (χ1n) is 12.1. The van der Waals surface area contributed by atoms with E-state index in [2.05, 4.69) is 5.32 Å². The Morgan fingerprint density at radius 1 is 1.17 bits per heavy atom. The molecule has 2 unspecified atom stereocenters. The van der Waals surface area contributed by atoms with E-state index in [0.717, 1.165) is 12.0 Å². The maximum Gasteiger partial charge on any atom is 0.341 e. The molecular weight excluding hydrogens is 464 g/mol. The van der Waals surface area contributed by atoms with Gasteiger partial charge in [0.2, 0.25) is 17.7 Å². The van der Waals surface area contributed by atoms with E-state index in [1.165, 1.54) is 16.2 Å². The summed E-state index contributed by atoms with van der Waals surface area (Å²) in [5.74, 6) is -1.17. The Morgan fingerprint density at radius 2 is 1.89 bits per heavy atom. The number of benzene rings is 1. The maximum atomic E-state index is 13.2. The smallest absolute Gasteiger partial charge is 0.341 e. The molecule has 7 nitrogen and oxygen atoms in total. The van der Waals surface area contributed by atoms with Crippen LogP contribution in [0.3, 0.4) is 0 Å². The minimum Gasteiger partial charge on any atom is -0.462 e. The molecule has 4 rings (SSSR count). The summed E-state index contributed by atoms with van der Waals surface area (Å²) < 4.78 is 5.24. The number of anilines is 1. The number of esters is 1. The number of carbonyl (C=O) groups is 4. The van der Waals surface area contributed by atoms with Gasteiger partial charge in [0.1, 0.15) is 10.6 Å². The lowest BCUT2D eigenvalue weighted by molar-refractivity contribution is -0.168. The number of amides is 3. The second kappa shape index (κ2) is 9.57. The largest absolute Gasteiger partial charge is 0.462 e. The first-order chi connectivity index (χ1) is 16.6. The fraction of sp³-hybridized carbons (Fsp3) is 0.481. The van der Waals surface area contributed by atoms with E-state index in [1.54, 1.807) is 6.92 Å². The molecule has 8 heteroatoms. The van der Waals surface area contributed by atoms with Crippen LogP contribution in [-0.2, 0) is 19.1 Å². The van der Waals surface area contributed by atoms with Crippen molar-refractivity contribution in [3.63, 3.8) is 0 Å². The highest BCUT2D eigenvalue weighted by Crippen LogP contribution is 2.60. The van der Waals surface area contributed by atoms with Crippen molar-refractivity contribution < 1.29 is 23.9 Å². The first-order valence-corrected chi connectivity index (χ1v) is 13.0. The zero-order chi connectivity index (χ0) is 25.4. The molecule has 2 aliphatic rings. The Balaban J connectivity index is 1.42. The van der Waals surface area contributed by atoms with E-state index >= 15 is 0 Å². The highest BCUT2D eigenvalue weighted by molar-refractivity contribution is 7.15. The predicted molar refractivity (Wildman–Crippen MR) is 135 cm³/mol. The van der Waals surface area contributed by atoms with E-state index in [0.29, 0.717) is 29.0 Å². The quantitative estimate of drug-likeness (QED) is 0.404. The molecule has 0 spiro atoms. The van der Waals surface area contributed by atoms with Crippen LogP contribution in [0, 0.1) is 16.7 Å². The molecule has 1 saturated carbocycles. The third kappa shape index (κ3) is 4.29. The Bertz CT molecular complexity index is 1160. The minimum atomic E-state index is -0.548. The monoisotopic (exact) mass is 496 g/mol. The lowest BCUT2D eigenvalue weighted by Crippen LogP contribution is -2.59. The first kappa shape index (κ1) is 25.1. The van der Waals surface area contributed by atoms with Gasteiger partial charge in [-0.15, -0.1) is 11.3 Å². The van der Waals surface area contributed by atoms with Crippen molar-refractivity contribution in [2.24, 2.45) is 16.7 Å². The standard InChI is InChI=1S/C27H32N2O5S/c1-5-34-24(32)21-18(17-10-7-6-8-11-17)16-35-22(21)28-20(30)12-9-15-29-23(31)19-13-14-27(4,25(29)33)26(19,2)3/h6-8,10-11,16,19H,5,9,12-15H2,1-4H3,(H,28,30). The molecule has 1 aliphatic carbocycles. The van der Waals surface area contributed by atoms with Gasteiger partial charge >= 0.3 is 5.97 Å². The molecule has 1 N–H and O–H groups in total. The van der Waals surface area contributed by atoms with Gasteiger partial charge in [-0.25, -0.2) is 4.79 Å². The topological polar surface area (TPSA) is 92.8 Å². The number of ether oxygens (including phenoxy) is 1. The van der Waals surface area contributed by atoms with Crippen molar-refractivity contribution >= 4 is 40.0 Å². The zero-order valence-corrected chi connectivity index (χ0v) is 21.5. The van der Waals surface area contributed by atoms with Gasteiger partial charge in [0.15, 0.2) is 0 Å². The number of piperidine rings is 1. The molecule has 186 valence electrons. The van der Waals surface area contributed by atoms with E-state index < -0.39 is 11.4 Å². The van der Waals surface area contributed by atoms with Crippen molar-refractivity contribution in [1.29, 1.82) is 0 Å². The summed E-state index contributed by atoms with van der Waals surface area (Å²) in [6, 6.07) is 9.47. The maximum absolute atomic E-state index is 13.2. The van der Waals surface area contributed by atoms with E-state index in [-0.39, 0.29) is 48.6 Å². The molecule has 2 bridgehead atoms. The summed E-state index contributed by atoms with van der Waals surface area (Å²) in [5.41, 5.74) is 1.01. The second-order valence-electron chi connectivity index (χ2n) is 10.0. The fourth-order valence-electron chi connectivity index (χ4n) is 5.39. The van der Waals surface area contributed by atoms with E-state index in [4.69, 9.17) is 4.74 Å². The fourth-order valence-corrected chi connectivity index (χ4v) is 6.36. The average Bonchev–Trinajstić information content (AvgIpc) is 3.32. The van der Waals surface area contributed by atoms with E-state index in [9.17, 15) is 19.2 Å². The van der Waals surface area contributed by atoms with Gasteiger partial charge in [-0.1, -0.05) is 51.1 Å². The van der Waals surface area contributed by atoms with Crippen LogP contribution >= 0.6 is 11.3 Å². The molecule has 2 heterocycles. The van der Waals surface area contributed by atoms with Crippen molar-refractivity contribution in [3.05, 3.63) is 41.3 Å². The van der Waals surface area contributed by atoms with Crippen LogP contribution in [-0.4, -0.2) is 41.7 Å². The predicted octanol–water partition coefficient (Wildman–Crippen LogP) is 5.12. The summed E-state index contributed by atoms with van der Waals surface area (Å²) in [7, 11) is 0. The molecule has 2 atom stereocenters. The molecule has 1 saturated heterocycles. The summed E-state index contributed by atoms with van der Waals surface area (Å²) in [6.07, 6.45) is 1.93. The van der Waals surface area contributed by atoms with Gasteiger partial charge in [0, 0.05) is 29.8 Å². The van der Waals surface area contributed by atoms with E-state index in [1.807, 2.05) is 56.5 Å². The van der Waals surface area contributed by atoms with Crippen molar-refractivity contribution in [2.75, 3.05) is 18.5 Å². The van der Waals surface area contributed by atoms with Crippen LogP contribution < -0.4 is 5.32 Å². The number of likely N-dealkylation sites (tertiary alicyclic amines) is 1. The van der Waals surface area contributed by atoms with Gasteiger partial charge in [0.05, 0.1) is 12.0 Å². The van der Waals surface area contributed by atoms with Crippen LogP contribution in [0.1, 0.15) is 63.7 Å². The number of fused-ring (bicyclic) bond motifs is 2. The molecule has 1 aromatic carbocycles. The number of nitrogens with one attached hydrogen (secondary N) is 1. The molecule has 2 fully saturated rings. The third-order valence-electron chi connectivity index (χ3n) is 7.90. The molecular formula is C27H32N2O5S. The van der Waals surface area contributed by atoms with Crippen LogP contribution in [0.5, 0.6) is 0 Å². The van der Waals surface area contributed by atoms with Crippen molar-refractivity contribution in [2.45, 2.75) is 53.4 Å². The number of thiophene rings is 1. The molecule has 3 amide bonds. The Kier molecular flexibility index (Phi) is 6.86. The van der Waals surface area contributed by atoms with Gasteiger partial charge in [-0.2, -0.15) is 0 Å². The minimum absolute atomic E-state index is 0.120. The molecule has 0 radical (unpaired) electrons. The Hall–Kier alpha value is -3.00. The number of imide groups is 1. The van der Waals surface area contributed by atoms with Gasteiger partial charge in [-0.05, 0) is 37.2 Å². The molecule has 1 aromatic heterocycles. The van der Waals surface area contributed by atoms with Crippen molar-refractivity contribution in [3.8, 4) is 11.1 Å². The average molecular weight is 497 g/mol. The summed E-state index contributed by atoms with van der Waals surface area (Å²) in [4.78, 5) is 53.0. The normalized spacial score (nSPS) is 22.9. The summed E-state index contributed by atoms with van der Waals surface area (Å²) >= 11 is 1.27. The van der Waals surface area contributed by atoms with Gasteiger partial charge in [0.25, 0.3) is 0 Å². The lowest BCUT2D eigenvalue weighted by Gasteiger charge is -2.47. The number of nitrogens with zero attached hydrogens (tertiary/aromatic N) is 1. The highest BCUT2D eigenvalue weighted by atomic mass is 32.1. The molecule has 1 aliphatic heterocycles. The Morgan fingerprint density at radius 3 is 2.57 bits per heavy atom. The van der Waals surface area contributed by atoms with Crippen LogP contribution in [0.25, 0.3) is 11.1 Å². The number of carbonyl (C=O) groups excluding carboxylic acids is 4. The Labute approximate surface area is 209 Å². The number of rotatable bonds is 8.